The van der Waals surface area contributed by atoms with E-state index in [1.807, 2.05) is 61.5 Å². The van der Waals surface area contributed by atoms with Crippen LogP contribution in [0.5, 0.6) is 0 Å². The Morgan fingerprint density at radius 3 is 1.56 bits per heavy atom. The molecule has 0 fully saturated rings. The van der Waals surface area contributed by atoms with E-state index in [9.17, 15) is 0 Å². The van der Waals surface area contributed by atoms with E-state index in [-0.39, 0.29) is 0 Å². The van der Waals surface area contributed by atoms with Crippen LogP contribution in [-0.2, 0) is 0 Å². The minimum absolute atomic E-state index is 1.08. The molecule has 0 aliphatic carbocycles. The lowest BCUT2D eigenvalue weighted by atomic mass is 10.1. The second kappa shape index (κ2) is 12.8. The summed E-state index contributed by atoms with van der Waals surface area (Å²) in [5.41, 5.74) is 4.79. The molecule has 0 aliphatic rings. The van der Waals surface area contributed by atoms with Crippen LogP contribution in [0.25, 0.3) is 40.0 Å². The SMILES string of the molecule is C=Cc1c2ccccc2n2c1c(=C)c1ccccc12.CC.CC.CC.CC. The van der Waals surface area contributed by atoms with Gasteiger partial charge >= 0.3 is 0 Å². The van der Waals surface area contributed by atoms with E-state index in [4.69, 9.17) is 0 Å². The van der Waals surface area contributed by atoms with Gasteiger partial charge in [-0.2, -0.15) is 0 Å². The largest absolute Gasteiger partial charge is 0.308 e. The molecule has 0 saturated heterocycles. The normalized spacial score (nSPS) is 9.04. The lowest BCUT2D eigenvalue weighted by Gasteiger charge is -1.95. The van der Waals surface area contributed by atoms with Crippen molar-refractivity contribution < 1.29 is 0 Å². The average Bonchev–Trinajstić information content (AvgIpc) is 3.27. The molecule has 27 heavy (non-hydrogen) atoms. The van der Waals surface area contributed by atoms with Gasteiger partial charge < -0.3 is 4.40 Å². The monoisotopic (exact) mass is 363 g/mol. The van der Waals surface area contributed by atoms with Crippen molar-refractivity contribution in [1.82, 2.24) is 4.40 Å². The maximum absolute atomic E-state index is 4.27. The molecule has 0 amide bonds. The third-order valence-corrected chi connectivity index (χ3v) is 3.87. The lowest BCUT2D eigenvalue weighted by Crippen LogP contribution is -1.94. The zero-order chi connectivity index (χ0) is 21.0. The Balaban J connectivity index is 0.000000757. The molecule has 0 spiro atoms. The highest BCUT2D eigenvalue weighted by Crippen LogP contribution is 2.29. The quantitative estimate of drug-likeness (QED) is 0.321. The van der Waals surface area contributed by atoms with Crippen molar-refractivity contribution in [2.75, 3.05) is 0 Å². The Bertz CT molecular complexity index is 989. The molecule has 0 aliphatic heterocycles. The number of hydrogen-bond donors (Lipinski definition) is 0. The molecule has 0 radical (unpaired) electrons. The van der Waals surface area contributed by atoms with Gasteiger partial charge in [0.1, 0.15) is 0 Å². The van der Waals surface area contributed by atoms with Gasteiger partial charge in [0.15, 0.2) is 0 Å². The Kier molecular flexibility index (Phi) is 11.6. The van der Waals surface area contributed by atoms with Gasteiger partial charge in [-0.3, -0.25) is 0 Å². The van der Waals surface area contributed by atoms with Gasteiger partial charge in [0.25, 0.3) is 0 Å². The summed E-state index contributed by atoms with van der Waals surface area (Å²) in [6.45, 7) is 24.2. The van der Waals surface area contributed by atoms with E-state index < -0.39 is 0 Å². The summed E-state index contributed by atoms with van der Waals surface area (Å²) in [7, 11) is 0. The van der Waals surface area contributed by atoms with Crippen LogP contribution in [0.3, 0.4) is 0 Å². The molecule has 4 aromatic rings. The predicted octanol–water partition coefficient (Wildman–Crippen LogP) is 8.12. The van der Waals surface area contributed by atoms with Crippen LogP contribution < -0.4 is 5.22 Å². The Hall–Kier alpha value is -2.54. The number of benzene rings is 2. The summed E-state index contributed by atoms with van der Waals surface area (Å²) >= 11 is 0. The Labute approximate surface area is 166 Å². The number of nitrogens with zero attached hydrogens (tertiary/aromatic N) is 1. The maximum Gasteiger partial charge on any atom is 0.0614 e. The number of hydrogen-bond acceptors (Lipinski definition) is 0. The smallest absolute Gasteiger partial charge is 0.0614 e. The first-order valence-electron chi connectivity index (χ1n) is 10.4. The van der Waals surface area contributed by atoms with E-state index in [1.165, 1.54) is 32.9 Å². The van der Waals surface area contributed by atoms with Gasteiger partial charge in [0.05, 0.1) is 16.6 Å². The van der Waals surface area contributed by atoms with Crippen molar-refractivity contribution >= 4 is 40.0 Å². The van der Waals surface area contributed by atoms with Gasteiger partial charge in [-0.25, -0.2) is 0 Å². The van der Waals surface area contributed by atoms with Crippen LogP contribution in [0.1, 0.15) is 61.0 Å². The highest BCUT2D eigenvalue weighted by Gasteiger charge is 2.14. The molecular weight excluding hydrogens is 326 g/mol. The number of aromatic nitrogens is 1. The zero-order valence-corrected chi connectivity index (χ0v) is 18.6. The molecule has 4 rings (SSSR count). The van der Waals surface area contributed by atoms with Crippen LogP contribution in [0.4, 0.5) is 0 Å². The van der Waals surface area contributed by atoms with Gasteiger partial charge in [-0.05, 0) is 12.1 Å². The minimum Gasteiger partial charge on any atom is -0.308 e. The van der Waals surface area contributed by atoms with Gasteiger partial charge in [0, 0.05) is 21.6 Å². The molecule has 2 aromatic carbocycles. The van der Waals surface area contributed by atoms with E-state index in [2.05, 4.69) is 66.1 Å². The highest BCUT2D eigenvalue weighted by atomic mass is 14.9. The fraction of sp³-hybridized carbons (Fsp3) is 0.308. The maximum atomic E-state index is 4.27. The van der Waals surface area contributed by atoms with Crippen LogP contribution in [0.15, 0.2) is 55.1 Å². The fourth-order valence-corrected chi connectivity index (χ4v) is 3.07. The van der Waals surface area contributed by atoms with Crippen molar-refractivity contribution in [2.24, 2.45) is 0 Å². The Morgan fingerprint density at radius 1 is 0.667 bits per heavy atom. The third kappa shape index (κ3) is 4.42. The molecular formula is C26H37N. The van der Waals surface area contributed by atoms with Crippen molar-refractivity contribution in [3.05, 3.63) is 65.9 Å². The van der Waals surface area contributed by atoms with Gasteiger partial charge in [-0.15, -0.1) is 0 Å². The molecule has 0 atom stereocenters. The Morgan fingerprint density at radius 2 is 1.07 bits per heavy atom. The first-order valence-corrected chi connectivity index (χ1v) is 10.4. The van der Waals surface area contributed by atoms with E-state index in [0.717, 1.165) is 5.22 Å². The minimum atomic E-state index is 1.08. The van der Waals surface area contributed by atoms with Crippen molar-refractivity contribution in [3.8, 4) is 0 Å². The first-order chi connectivity index (χ1) is 13.3. The van der Waals surface area contributed by atoms with E-state index in [1.54, 1.807) is 0 Å². The topological polar surface area (TPSA) is 4.41 Å². The molecule has 0 N–H and O–H groups in total. The molecule has 2 heterocycles. The van der Waals surface area contributed by atoms with Crippen molar-refractivity contribution in [1.29, 1.82) is 0 Å². The molecule has 1 heteroatoms. The van der Waals surface area contributed by atoms with Crippen LogP contribution in [0, 0.1) is 0 Å². The van der Waals surface area contributed by atoms with E-state index in [0.29, 0.717) is 0 Å². The number of fused-ring (bicyclic) bond motifs is 5. The molecule has 2 aromatic heterocycles. The van der Waals surface area contributed by atoms with Crippen molar-refractivity contribution in [3.63, 3.8) is 0 Å². The number of rotatable bonds is 1. The van der Waals surface area contributed by atoms with Crippen LogP contribution in [-0.4, -0.2) is 4.40 Å². The summed E-state index contributed by atoms with van der Waals surface area (Å²) in [5, 5.41) is 3.54. The molecule has 0 unspecified atom stereocenters. The summed E-state index contributed by atoms with van der Waals surface area (Å²) in [6.07, 6.45) is 1.94. The summed E-state index contributed by atoms with van der Waals surface area (Å²) in [4.78, 5) is 0. The van der Waals surface area contributed by atoms with Crippen LogP contribution in [0.2, 0.25) is 0 Å². The number of para-hydroxylation sites is 2. The average molecular weight is 364 g/mol. The third-order valence-electron chi connectivity index (χ3n) is 3.87. The molecule has 146 valence electrons. The van der Waals surface area contributed by atoms with E-state index >= 15 is 0 Å². The van der Waals surface area contributed by atoms with Gasteiger partial charge in [0.2, 0.25) is 0 Å². The molecule has 0 saturated carbocycles. The fourth-order valence-electron chi connectivity index (χ4n) is 3.07. The summed E-state index contributed by atoms with van der Waals surface area (Å²) in [5.74, 6) is 0. The van der Waals surface area contributed by atoms with Gasteiger partial charge in [-0.1, -0.05) is 111 Å². The zero-order valence-electron chi connectivity index (χ0n) is 18.6. The predicted molar refractivity (Wildman–Crippen MR) is 129 cm³/mol. The standard InChI is InChI=1S/C18H13N.4C2H6/c1-3-13-15-9-5-7-11-17(15)19-16-10-6-4-8-14(16)12(2)18(13)19;4*1-2/h3-11H,1-2H2;4*1-2H3. The van der Waals surface area contributed by atoms with Crippen LogP contribution >= 0.6 is 0 Å². The first kappa shape index (κ1) is 24.5. The second-order valence-corrected chi connectivity index (χ2v) is 4.81. The second-order valence-electron chi connectivity index (χ2n) is 4.81. The lowest BCUT2D eigenvalue weighted by molar-refractivity contribution is 1.36. The molecule has 0 bridgehead atoms. The van der Waals surface area contributed by atoms with Crippen molar-refractivity contribution in [2.45, 2.75) is 55.4 Å². The highest BCUT2D eigenvalue weighted by molar-refractivity contribution is 6.05. The molecule has 1 nitrogen and oxygen atoms in total. The summed E-state index contributed by atoms with van der Waals surface area (Å²) < 4.78 is 2.30. The summed E-state index contributed by atoms with van der Waals surface area (Å²) in [6, 6.07) is 16.9.